The number of anilines is 1. The Bertz CT molecular complexity index is 763. The Morgan fingerprint density at radius 2 is 1.88 bits per heavy atom. The first-order valence-electron chi connectivity index (χ1n) is 8.17. The molecule has 2 heterocycles. The summed E-state index contributed by atoms with van der Waals surface area (Å²) in [5.41, 5.74) is 6.47. The van der Waals surface area contributed by atoms with Crippen molar-refractivity contribution in [2.24, 2.45) is 5.92 Å². The summed E-state index contributed by atoms with van der Waals surface area (Å²) in [5, 5.41) is 0. The van der Waals surface area contributed by atoms with Crippen molar-refractivity contribution in [3.8, 4) is 0 Å². The minimum atomic E-state index is -3.40. The average molecular weight is 346 g/mol. The highest BCUT2D eigenvalue weighted by atomic mass is 32.2. The molecule has 1 aliphatic heterocycles. The molecule has 128 valence electrons. The summed E-state index contributed by atoms with van der Waals surface area (Å²) in [6, 6.07) is 8.65. The number of nitrogens with two attached hydrogens (primary N) is 1. The van der Waals surface area contributed by atoms with Crippen LogP contribution in [-0.4, -0.2) is 35.8 Å². The molecule has 0 unspecified atom stereocenters. The molecule has 2 N–H and O–H groups in total. The van der Waals surface area contributed by atoms with Crippen LogP contribution in [0.2, 0.25) is 0 Å². The zero-order valence-electron chi connectivity index (χ0n) is 13.5. The van der Waals surface area contributed by atoms with Crippen molar-refractivity contribution in [1.82, 2.24) is 14.3 Å². The Morgan fingerprint density at radius 3 is 2.58 bits per heavy atom. The monoisotopic (exact) mass is 346 g/mol. The number of benzene rings is 1. The van der Waals surface area contributed by atoms with Gasteiger partial charge in [0.05, 0.1) is 23.0 Å². The van der Waals surface area contributed by atoms with Crippen molar-refractivity contribution in [2.75, 3.05) is 18.8 Å². The van der Waals surface area contributed by atoms with Gasteiger partial charge in [0.25, 0.3) is 0 Å². The summed E-state index contributed by atoms with van der Waals surface area (Å²) in [6.45, 7) is 1.12. The Morgan fingerprint density at radius 1 is 1.08 bits per heavy atom. The van der Waals surface area contributed by atoms with Crippen molar-refractivity contribution in [3.63, 3.8) is 0 Å². The zero-order chi connectivity index (χ0) is 17.0. The quantitative estimate of drug-likeness (QED) is 0.915. The molecule has 0 bridgehead atoms. The van der Waals surface area contributed by atoms with Gasteiger partial charge in [-0.15, -0.1) is 0 Å². The van der Waals surface area contributed by atoms with Crippen molar-refractivity contribution in [1.29, 1.82) is 0 Å². The highest BCUT2D eigenvalue weighted by molar-refractivity contribution is 7.89. The van der Waals surface area contributed by atoms with E-state index in [0.717, 1.165) is 31.4 Å². The predicted octanol–water partition coefficient (Wildman–Crippen LogP) is 2.09. The van der Waals surface area contributed by atoms with Crippen LogP contribution < -0.4 is 5.73 Å². The van der Waals surface area contributed by atoms with Crippen LogP contribution in [-0.2, 0) is 16.4 Å². The van der Waals surface area contributed by atoms with Crippen LogP contribution in [0.15, 0.2) is 47.6 Å². The third-order valence-corrected chi connectivity index (χ3v) is 6.32. The molecule has 3 rings (SSSR count). The van der Waals surface area contributed by atoms with E-state index in [-0.39, 0.29) is 0 Å². The molecular formula is C17H22N4O2S. The molecule has 1 atom stereocenters. The second-order valence-electron chi connectivity index (χ2n) is 6.15. The molecule has 1 saturated heterocycles. The second-order valence-corrected chi connectivity index (χ2v) is 8.09. The molecule has 0 radical (unpaired) electrons. The Balaban J connectivity index is 1.66. The molecule has 0 amide bonds. The van der Waals surface area contributed by atoms with Gasteiger partial charge in [0, 0.05) is 13.1 Å². The maximum Gasteiger partial charge on any atom is 0.243 e. The lowest BCUT2D eigenvalue weighted by Gasteiger charge is -2.20. The fourth-order valence-electron chi connectivity index (χ4n) is 3.09. The van der Waals surface area contributed by atoms with E-state index in [2.05, 4.69) is 9.97 Å². The lowest BCUT2D eigenvalue weighted by molar-refractivity contribution is 0.409. The lowest BCUT2D eigenvalue weighted by Crippen LogP contribution is -2.32. The van der Waals surface area contributed by atoms with Crippen LogP contribution in [0.3, 0.4) is 0 Å². The molecule has 1 aromatic heterocycles. The Labute approximate surface area is 142 Å². The molecule has 7 heteroatoms. The molecule has 24 heavy (non-hydrogen) atoms. The summed E-state index contributed by atoms with van der Waals surface area (Å²) in [5.74, 6) is 0.832. The minimum absolute atomic E-state index is 0.368. The van der Waals surface area contributed by atoms with Crippen LogP contribution in [0.5, 0.6) is 0 Å². The van der Waals surface area contributed by atoms with E-state index in [1.807, 2.05) is 6.07 Å². The van der Waals surface area contributed by atoms with E-state index in [9.17, 15) is 8.42 Å². The van der Waals surface area contributed by atoms with Gasteiger partial charge in [0.2, 0.25) is 10.0 Å². The fraction of sp³-hybridized carbons (Fsp3) is 0.412. The van der Waals surface area contributed by atoms with E-state index in [0.29, 0.717) is 29.7 Å². The standard InChI is InChI=1S/C17H22N4O2S/c18-17-13-19-15(12-20-17)11-14-5-4-9-21(10-8-14)24(22,23)16-6-2-1-3-7-16/h1-3,6-7,12-14H,4-5,8-11H2,(H2,18,20)/t14-/m0/s1. The fourth-order valence-corrected chi connectivity index (χ4v) is 4.61. The van der Waals surface area contributed by atoms with Gasteiger partial charge in [0.15, 0.2) is 0 Å². The van der Waals surface area contributed by atoms with E-state index >= 15 is 0 Å². The molecule has 2 aromatic rings. The van der Waals surface area contributed by atoms with Crippen LogP contribution in [0.25, 0.3) is 0 Å². The van der Waals surface area contributed by atoms with Crippen LogP contribution in [0, 0.1) is 5.92 Å². The first kappa shape index (κ1) is 16.9. The van der Waals surface area contributed by atoms with Crippen LogP contribution >= 0.6 is 0 Å². The predicted molar refractivity (Wildman–Crippen MR) is 92.7 cm³/mol. The number of hydrogen-bond donors (Lipinski definition) is 1. The van der Waals surface area contributed by atoms with E-state index in [4.69, 9.17) is 5.73 Å². The van der Waals surface area contributed by atoms with Crippen molar-refractivity contribution in [2.45, 2.75) is 30.6 Å². The molecule has 6 nitrogen and oxygen atoms in total. The number of rotatable bonds is 4. The minimum Gasteiger partial charge on any atom is -0.382 e. The summed E-state index contributed by atoms with van der Waals surface area (Å²) in [4.78, 5) is 8.74. The van der Waals surface area contributed by atoms with E-state index < -0.39 is 10.0 Å². The van der Waals surface area contributed by atoms with E-state index in [1.165, 1.54) is 0 Å². The van der Waals surface area contributed by atoms with Gasteiger partial charge in [-0.25, -0.2) is 13.4 Å². The SMILES string of the molecule is Nc1cnc(C[C@H]2CCCN(S(=O)(=O)c3ccccc3)CC2)cn1. The topological polar surface area (TPSA) is 89.2 Å². The van der Waals surface area contributed by atoms with Gasteiger partial charge in [0.1, 0.15) is 5.82 Å². The largest absolute Gasteiger partial charge is 0.382 e. The van der Waals surface area contributed by atoms with Gasteiger partial charge < -0.3 is 5.73 Å². The molecule has 1 aliphatic rings. The Kier molecular flexibility index (Phi) is 5.11. The van der Waals surface area contributed by atoms with Gasteiger partial charge in [-0.1, -0.05) is 18.2 Å². The maximum absolute atomic E-state index is 12.7. The smallest absolute Gasteiger partial charge is 0.243 e. The van der Waals surface area contributed by atoms with Gasteiger partial charge in [-0.05, 0) is 43.7 Å². The van der Waals surface area contributed by atoms with Gasteiger partial charge in [-0.2, -0.15) is 4.31 Å². The summed E-state index contributed by atoms with van der Waals surface area (Å²) >= 11 is 0. The molecular weight excluding hydrogens is 324 g/mol. The normalized spacial score (nSPS) is 19.8. The second kappa shape index (κ2) is 7.27. The van der Waals surface area contributed by atoms with Crippen molar-refractivity contribution >= 4 is 15.8 Å². The Hall–Kier alpha value is -1.99. The number of nitrogen functional groups attached to an aromatic ring is 1. The molecule has 0 aliphatic carbocycles. The first-order chi connectivity index (χ1) is 11.6. The summed E-state index contributed by atoms with van der Waals surface area (Å²) < 4.78 is 27.1. The lowest BCUT2D eigenvalue weighted by atomic mass is 9.95. The zero-order valence-corrected chi connectivity index (χ0v) is 14.3. The van der Waals surface area contributed by atoms with Crippen molar-refractivity contribution < 1.29 is 8.42 Å². The first-order valence-corrected chi connectivity index (χ1v) is 9.61. The number of sulfonamides is 1. The maximum atomic E-state index is 12.7. The van der Waals surface area contributed by atoms with Crippen LogP contribution in [0.4, 0.5) is 5.82 Å². The van der Waals surface area contributed by atoms with Gasteiger partial charge >= 0.3 is 0 Å². The number of hydrogen-bond acceptors (Lipinski definition) is 5. The van der Waals surface area contributed by atoms with Crippen molar-refractivity contribution in [3.05, 3.63) is 48.4 Å². The average Bonchev–Trinajstić information content (AvgIpc) is 2.84. The molecule has 1 aromatic carbocycles. The number of aromatic nitrogens is 2. The van der Waals surface area contributed by atoms with E-state index in [1.54, 1.807) is 41.0 Å². The molecule has 0 spiro atoms. The van der Waals surface area contributed by atoms with Gasteiger partial charge in [-0.3, -0.25) is 4.98 Å². The summed E-state index contributed by atoms with van der Waals surface area (Å²) in [7, 11) is -3.40. The molecule has 1 fully saturated rings. The molecule has 0 saturated carbocycles. The third kappa shape index (κ3) is 3.91. The summed E-state index contributed by atoms with van der Waals surface area (Å²) in [6.07, 6.45) is 6.77. The number of nitrogens with zero attached hydrogens (tertiary/aromatic N) is 3. The third-order valence-electron chi connectivity index (χ3n) is 4.41. The highest BCUT2D eigenvalue weighted by Crippen LogP contribution is 2.25. The van der Waals surface area contributed by atoms with Crippen LogP contribution in [0.1, 0.15) is 25.0 Å². The highest BCUT2D eigenvalue weighted by Gasteiger charge is 2.27.